The van der Waals surface area contributed by atoms with Gasteiger partial charge in [0.1, 0.15) is 0 Å². The second-order valence-corrected chi connectivity index (χ2v) is 5.40. The first-order chi connectivity index (χ1) is 6.97. The quantitative estimate of drug-likeness (QED) is 0.722. The lowest BCUT2D eigenvalue weighted by Crippen LogP contribution is -2.31. The first-order valence-corrected chi connectivity index (χ1v) is 6.08. The summed E-state index contributed by atoms with van der Waals surface area (Å²) in [4.78, 5) is 2.51. The van der Waals surface area contributed by atoms with Gasteiger partial charge in [0.05, 0.1) is 5.60 Å². The predicted molar refractivity (Wildman–Crippen MR) is 65.0 cm³/mol. The summed E-state index contributed by atoms with van der Waals surface area (Å²) >= 11 is 0. The molecule has 0 bridgehead atoms. The number of aliphatic hydroxyl groups is 1. The summed E-state index contributed by atoms with van der Waals surface area (Å²) in [5, 5.41) is 9.61. The van der Waals surface area contributed by atoms with E-state index in [1.807, 2.05) is 13.8 Å². The van der Waals surface area contributed by atoms with Crippen molar-refractivity contribution in [2.24, 2.45) is 0 Å². The van der Waals surface area contributed by atoms with Crippen molar-refractivity contribution in [1.29, 1.82) is 0 Å². The maximum atomic E-state index is 9.61. The number of likely N-dealkylation sites (tertiary alicyclic amines) is 1. The van der Waals surface area contributed by atoms with E-state index in [9.17, 15) is 5.11 Å². The number of nitrogens with zero attached hydrogens (tertiary/aromatic N) is 1. The maximum absolute atomic E-state index is 9.61. The first-order valence-electron chi connectivity index (χ1n) is 6.08. The fourth-order valence-electron chi connectivity index (χ4n) is 1.96. The number of rotatable bonds is 4. The average molecular weight is 211 g/mol. The van der Waals surface area contributed by atoms with Gasteiger partial charge in [-0.15, -0.1) is 0 Å². The number of hydrogen-bond acceptors (Lipinski definition) is 2. The Morgan fingerprint density at radius 3 is 2.40 bits per heavy atom. The summed E-state index contributed by atoms with van der Waals surface area (Å²) in [6.07, 6.45) is 7.02. The summed E-state index contributed by atoms with van der Waals surface area (Å²) in [7, 11) is 0. The Morgan fingerprint density at radius 1 is 1.27 bits per heavy atom. The monoisotopic (exact) mass is 211 g/mol. The SMILES string of the molecule is C/C(=C\CC(C)(C)O)CN1CCCCC1. The van der Waals surface area contributed by atoms with Crippen LogP contribution in [0.2, 0.25) is 0 Å². The second-order valence-electron chi connectivity index (χ2n) is 5.40. The lowest BCUT2D eigenvalue weighted by Gasteiger charge is -2.27. The van der Waals surface area contributed by atoms with Gasteiger partial charge in [0.25, 0.3) is 0 Å². The molecule has 0 aromatic heterocycles. The van der Waals surface area contributed by atoms with Gasteiger partial charge in [-0.1, -0.05) is 18.1 Å². The Kier molecular flexibility index (Phi) is 4.81. The van der Waals surface area contributed by atoms with Crippen molar-refractivity contribution in [2.75, 3.05) is 19.6 Å². The van der Waals surface area contributed by atoms with Crippen LogP contribution in [-0.4, -0.2) is 35.2 Å². The van der Waals surface area contributed by atoms with Crippen LogP contribution in [0, 0.1) is 0 Å². The lowest BCUT2D eigenvalue weighted by atomic mass is 10.0. The minimum absolute atomic E-state index is 0.566. The summed E-state index contributed by atoms with van der Waals surface area (Å²) in [5.41, 5.74) is 0.822. The molecule has 0 amide bonds. The highest BCUT2D eigenvalue weighted by molar-refractivity contribution is 5.02. The van der Waals surface area contributed by atoms with Crippen LogP contribution in [0.3, 0.4) is 0 Å². The molecule has 15 heavy (non-hydrogen) atoms. The lowest BCUT2D eigenvalue weighted by molar-refractivity contribution is 0.0835. The van der Waals surface area contributed by atoms with E-state index < -0.39 is 5.60 Å². The molecular weight excluding hydrogens is 186 g/mol. The summed E-state index contributed by atoms with van der Waals surface area (Å²) in [5.74, 6) is 0. The average Bonchev–Trinajstić information content (AvgIpc) is 2.15. The van der Waals surface area contributed by atoms with Crippen molar-refractivity contribution in [2.45, 2.75) is 52.1 Å². The van der Waals surface area contributed by atoms with Gasteiger partial charge < -0.3 is 5.11 Å². The topological polar surface area (TPSA) is 23.5 Å². The first kappa shape index (κ1) is 12.7. The van der Waals surface area contributed by atoms with Gasteiger partial charge in [0.2, 0.25) is 0 Å². The Morgan fingerprint density at radius 2 is 1.87 bits per heavy atom. The molecule has 0 unspecified atom stereocenters. The molecule has 0 aliphatic carbocycles. The molecule has 0 spiro atoms. The Labute approximate surface area is 94.0 Å². The Bertz CT molecular complexity index is 209. The molecule has 0 atom stereocenters. The van der Waals surface area contributed by atoms with Crippen molar-refractivity contribution in [3.63, 3.8) is 0 Å². The third kappa shape index (κ3) is 5.95. The molecule has 1 saturated heterocycles. The van der Waals surface area contributed by atoms with Crippen LogP contribution < -0.4 is 0 Å². The van der Waals surface area contributed by atoms with E-state index in [-0.39, 0.29) is 0 Å². The molecular formula is C13H25NO. The third-order valence-electron chi connectivity index (χ3n) is 2.87. The van der Waals surface area contributed by atoms with Crippen LogP contribution in [0.15, 0.2) is 11.6 Å². The molecule has 1 rings (SSSR count). The van der Waals surface area contributed by atoms with E-state index in [4.69, 9.17) is 0 Å². The van der Waals surface area contributed by atoms with E-state index in [1.165, 1.54) is 37.9 Å². The minimum atomic E-state index is -0.566. The predicted octanol–water partition coefficient (Wildman–Crippen LogP) is 2.58. The molecule has 1 heterocycles. The van der Waals surface area contributed by atoms with Crippen LogP contribution in [0.25, 0.3) is 0 Å². The zero-order valence-corrected chi connectivity index (χ0v) is 10.4. The zero-order valence-electron chi connectivity index (χ0n) is 10.4. The van der Waals surface area contributed by atoms with E-state index in [2.05, 4.69) is 17.9 Å². The minimum Gasteiger partial charge on any atom is -0.390 e. The summed E-state index contributed by atoms with van der Waals surface area (Å²) in [6.45, 7) is 9.45. The van der Waals surface area contributed by atoms with Crippen molar-refractivity contribution in [3.05, 3.63) is 11.6 Å². The van der Waals surface area contributed by atoms with Gasteiger partial charge in [-0.3, -0.25) is 4.90 Å². The van der Waals surface area contributed by atoms with E-state index >= 15 is 0 Å². The van der Waals surface area contributed by atoms with Crippen LogP contribution in [0.1, 0.15) is 46.5 Å². The molecule has 88 valence electrons. The third-order valence-corrected chi connectivity index (χ3v) is 2.87. The molecule has 0 saturated carbocycles. The molecule has 1 aliphatic heterocycles. The Hall–Kier alpha value is -0.340. The van der Waals surface area contributed by atoms with Gasteiger partial charge in [0.15, 0.2) is 0 Å². The Balaban J connectivity index is 2.30. The maximum Gasteiger partial charge on any atom is 0.0626 e. The number of piperidine rings is 1. The van der Waals surface area contributed by atoms with Crippen LogP contribution in [0.4, 0.5) is 0 Å². The summed E-state index contributed by atoms with van der Waals surface area (Å²) < 4.78 is 0. The highest BCUT2D eigenvalue weighted by Gasteiger charge is 2.12. The molecule has 0 aromatic carbocycles. The molecule has 1 fully saturated rings. The normalized spacial score (nSPS) is 20.7. The van der Waals surface area contributed by atoms with Crippen molar-refractivity contribution < 1.29 is 5.11 Å². The molecule has 2 heteroatoms. The van der Waals surface area contributed by atoms with Crippen LogP contribution >= 0.6 is 0 Å². The van der Waals surface area contributed by atoms with E-state index in [1.54, 1.807) is 0 Å². The van der Waals surface area contributed by atoms with Crippen molar-refractivity contribution in [1.82, 2.24) is 4.90 Å². The van der Waals surface area contributed by atoms with E-state index in [0.29, 0.717) is 0 Å². The van der Waals surface area contributed by atoms with Crippen molar-refractivity contribution in [3.8, 4) is 0 Å². The molecule has 0 radical (unpaired) electrons. The fourth-order valence-corrected chi connectivity index (χ4v) is 1.96. The second kappa shape index (κ2) is 5.66. The van der Waals surface area contributed by atoms with Gasteiger partial charge in [-0.05, 0) is 53.1 Å². The molecule has 0 aromatic rings. The van der Waals surface area contributed by atoms with Gasteiger partial charge >= 0.3 is 0 Å². The molecule has 1 aliphatic rings. The van der Waals surface area contributed by atoms with Crippen LogP contribution in [0.5, 0.6) is 0 Å². The largest absolute Gasteiger partial charge is 0.390 e. The summed E-state index contributed by atoms with van der Waals surface area (Å²) in [6, 6.07) is 0. The van der Waals surface area contributed by atoms with Gasteiger partial charge in [-0.2, -0.15) is 0 Å². The smallest absolute Gasteiger partial charge is 0.0626 e. The van der Waals surface area contributed by atoms with Crippen LogP contribution in [-0.2, 0) is 0 Å². The van der Waals surface area contributed by atoms with Gasteiger partial charge in [0, 0.05) is 6.54 Å². The highest BCUT2D eigenvalue weighted by Crippen LogP contribution is 2.13. The standard InChI is InChI=1S/C13H25NO/c1-12(7-8-13(2,3)15)11-14-9-5-4-6-10-14/h7,15H,4-6,8-11H2,1-3H3/b12-7+. The van der Waals surface area contributed by atoms with E-state index in [0.717, 1.165) is 13.0 Å². The number of hydrogen-bond donors (Lipinski definition) is 1. The molecule has 1 N–H and O–H groups in total. The van der Waals surface area contributed by atoms with Gasteiger partial charge in [-0.25, -0.2) is 0 Å². The highest BCUT2D eigenvalue weighted by atomic mass is 16.3. The van der Waals surface area contributed by atoms with Crippen molar-refractivity contribution >= 4 is 0 Å². The fraction of sp³-hybridized carbons (Fsp3) is 0.846. The zero-order chi connectivity index (χ0) is 11.3. The molecule has 2 nitrogen and oxygen atoms in total.